The number of esters is 1. The zero-order valence-corrected chi connectivity index (χ0v) is 12.7. The van der Waals surface area contributed by atoms with E-state index in [2.05, 4.69) is 22.6 Å². The van der Waals surface area contributed by atoms with Crippen molar-refractivity contribution in [2.45, 2.75) is 25.4 Å². The molecular formula is C13H14ClIO3. The van der Waals surface area contributed by atoms with Crippen LogP contribution in [0, 0.1) is 3.57 Å². The third-order valence-electron chi connectivity index (χ3n) is 2.83. The summed E-state index contributed by atoms with van der Waals surface area (Å²) in [6.45, 7) is 1.10. The maximum Gasteiger partial charge on any atom is 0.339 e. The van der Waals surface area contributed by atoms with Gasteiger partial charge in [0.25, 0.3) is 0 Å². The molecule has 1 heterocycles. The Morgan fingerprint density at radius 2 is 2.33 bits per heavy atom. The lowest BCUT2D eigenvalue weighted by Gasteiger charge is -2.22. The summed E-state index contributed by atoms with van der Waals surface area (Å²) < 4.78 is 11.6. The normalized spacial score (nSPS) is 19.6. The van der Waals surface area contributed by atoms with Crippen LogP contribution in [0.15, 0.2) is 18.2 Å². The summed E-state index contributed by atoms with van der Waals surface area (Å²) in [6, 6.07) is 5.13. The molecule has 2 rings (SSSR count). The fourth-order valence-electron chi connectivity index (χ4n) is 1.84. The van der Waals surface area contributed by atoms with Gasteiger partial charge in [0.2, 0.25) is 0 Å². The van der Waals surface area contributed by atoms with Crippen molar-refractivity contribution in [1.29, 1.82) is 0 Å². The average Bonchev–Trinajstić information content (AvgIpc) is 2.37. The lowest BCUT2D eigenvalue weighted by Crippen LogP contribution is -2.26. The van der Waals surface area contributed by atoms with E-state index >= 15 is 0 Å². The molecule has 1 unspecified atom stereocenters. The largest absolute Gasteiger partial charge is 0.459 e. The van der Waals surface area contributed by atoms with Gasteiger partial charge in [0.05, 0.1) is 11.7 Å². The molecule has 0 aromatic heterocycles. The van der Waals surface area contributed by atoms with Crippen molar-refractivity contribution in [3.05, 3.63) is 32.4 Å². The maximum absolute atomic E-state index is 11.9. The number of ether oxygens (including phenoxy) is 2. The maximum atomic E-state index is 11.9. The second kappa shape index (κ2) is 6.73. The monoisotopic (exact) mass is 380 g/mol. The Bertz CT molecular complexity index is 430. The lowest BCUT2D eigenvalue weighted by molar-refractivity contribution is -0.0300. The van der Waals surface area contributed by atoms with Crippen molar-refractivity contribution in [2.24, 2.45) is 0 Å². The number of halogens is 2. The predicted octanol–water partition coefficient (Wildman–Crippen LogP) is 3.67. The van der Waals surface area contributed by atoms with Gasteiger partial charge < -0.3 is 9.47 Å². The van der Waals surface area contributed by atoms with Crippen LogP contribution < -0.4 is 0 Å². The van der Waals surface area contributed by atoms with Crippen molar-refractivity contribution in [3.63, 3.8) is 0 Å². The van der Waals surface area contributed by atoms with Crippen molar-refractivity contribution < 1.29 is 14.3 Å². The van der Waals surface area contributed by atoms with Crippen LogP contribution in [0.5, 0.6) is 0 Å². The molecule has 1 saturated heterocycles. The molecule has 1 atom stereocenters. The standard InChI is InChI=1S/C13H14ClIO3/c14-9-4-5-11(12(15)7-9)13(16)18-8-10-3-1-2-6-17-10/h4-5,7,10H,1-3,6,8H2. The van der Waals surface area contributed by atoms with Crippen LogP contribution in [0.25, 0.3) is 0 Å². The third kappa shape index (κ3) is 3.83. The number of hydrogen-bond donors (Lipinski definition) is 0. The van der Waals surface area contributed by atoms with Crippen molar-refractivity contribution in [1.82, 2.24) is 0 Å². The fraction of sp³-hybridized carbons (Fsp3) is 0.462. The molecular weight excluding hydrogens is 366 g/mol. The zero-order chi connectivity index (χ0) is 13.0. The van der Waals surface area contributed by atoms with E-state index in [0.29, 0.717) is 17.2 Å². The first-order valence-electron chi connectivity index (χ1n) is 5.90. The van der Waals surface area contributed by atoms with Crippen LogP contribution in [0.1, 0.15) is 29.6 Å². The first-order valence-corrected chi connectivity index (χ1v) is 7.36. The Morgan fingerprint density at radius 3 is 3.00 bits per heavy atom. The first-order chi connectivity index (χ1) is 8.66. The van der Waals surface area contributed by atoms with E-state index in [9.17, 15) is 4.79 Å². The number of benzene rings is 1. The molecule has 1 fully saturated rings. The molecule has 0 N–H and O–H groups in total. The molecule has 1 aromatic carbocycles. The van der Waals surface area contributed by atoms with E-state index in [0.717, 1.165) is 29.4 Å². The second-order valence-electron chi connectivity index (χ2n) is 4.21. The quantitative estimate of drug-likeness (QED) is 0.593. The topological polar surface area (TPSA) is 35.5 Å². The number of carbonyl (C=O) groups excluding carboxylic acids is 1. The molecule has 1 aromatic rings. The lowest BCUT2D eigenvalue weighted by atomic mass is 10.1. The van der Waals surface area contributed by atoms with Crippen LogP contribution in [-0.2, 0) is 9.47 Å². The molecule has 5 heteroatoms. The minimum atomic E-state index is -0.315. The van der Waals surface area contributed by atoms with Gasteiger partial charge in [-0.1, -0.05) is 11.6 Å². The Balaban J connectivity index is 1.90. The van der Waals surface area contributed by atoms with Gasteiger partial charge in [0, 0.05) is 15.2 Å². The van der Waals surface area contributed by atoms with Crippen molar-refractivity contribution >= 4 is 40.2 Å². The molecule has 0 spiro atoms. The molecule has 3 nitrogen and oxygen atoms in total. The zero-order valence-electron chi connectivity index (χ0n) is 9.83. The Hall–Kier alpha value is -0.330. The predicted molar refractivity (Wildman–Crippen MR) is 78.0 cm³/mol. The van der Waals surface area contributed by atoms with E-state index in [4.69, 9.17) is 21.1 Å². The molecule has 0 radical (unpaired) electrons. The second-order valence-corrected chi connectivity index (χ2v) is 5.81. The smallest absolute Gasteiger partial charge is 0.339 e. The van der Waals surface area contributed by atoms with Gasteiger partial charge in [0.1, 0.15) is 6.61 Å². The molecule has 0 amide bonds. The third-order valence-corrected chi connectivity index (χ3v) is 3.95. The highest BCUT2D eigenvalue weighted by Gasteiger charge is 2.18. The molecule has 1 aliphatic heterocycles. The minimum Gasteiger partial charge on any atom is -0.459 e. The van der Waals surface area contributed by atoms with E-state index in [1.165, 1.54) is 0 Å². The van der Waals surface area contributed by atoms with Crippen LogP contribution in [0.4, 0.5) is 0 Å². The summed E-state index contributed by atoms with van der Waals surface area (Å²) in [4.78, 5) is 11.9. The van der Waals surface area contributed by atoms with Crippen molar-refractivity contribution in [2.75, 3.05) is 13.2 Å². The van der Waals surface area contributed by atoms with E-state index < -0.39 is 0 Å². The molecule has 0 bridgehead atoms. The number of carbonyl (C=O) groups is 1. The van der Waals surface area contributed by atoms with Gasteiger partial charge in [-0.05, 0) is 60.1 Å². The highest BCUT2D eigenvalue weighted by atomic mass is 127. The molecule has 0 aliphatic carbocycles. The van der Waals surface area contributed by atoms with Gasteiger partial charge >= 0.3 is 5.97 Å². The van der Waals surface area contributed by atoms with Gasteiger partial charge in [-0.25, -0.2) is 4.79 Å². The van der Waals surface area contributed by atoms with Gasteiger partial charge in [-0.15, -0.1) is 0 Å². The Labute approximate surface area is 125 Å². The molecule has 98 valence electrons. The molecule has 1 aliphatic rings. The number of hydrogen-bond acceptors (Lipinski definition) is 3. The summed E-state index contributed by atoms with van der Waals surface area (Å²) in [5, 5.41) is 0.617. The minimum absolute atomic E-state index is 0.0488. The van der Waals surface area contributed by atoms with Crippen LogP contribution in [0.3, 0.4) is 0 Å². The summed E-state index contributed by atoms with van der Waals surface area (Å²) >= 11 is 7.92. The van der Waals surface area contributed by atoms with E-state index in [1.54, 1.807) is 18.2 Å². The SMILES string of the molecule is O=C(OCC1CCCCO1)c1ccc(Cl)cc1I. The van der Waals surface area contributed by atoms with E-state index in [-0.39, 0.29) is 12.1 Å². The highest BCUT2D eigenvalue weighted by molar-refractivity contribution is 14.1. The summed E-state index contributed by atoms with van der Waals surface area (Å²) in [5.74, 6) is -0.315. The number of rotatable bonds is 3. The highest BCUT2D eigenvalue weighted by Crippen LogP contribution is 2.19. The van der Waals surface area contributed by atoms with Crippen LogP contribution in [0.2, 0.25) is 5.02 Å². The summed E-state index contributed by atoms with van der Waals surface area (Å²) in [7, 11) is 0. The summed E-state index contributed by atoms with van der Waals surface area (Å²) in [5.41, 5.74) is 0.552. The van der Waals surface area contributed by atoms with E-state index in [1.807, 2.05) is 0 Å². The van der Waals surface area contributed by atoms with Gasteiger partial charge in [-0.2, -0.15) is 0 Å². The van der Waals surface area contributed by atoms with Crippen LogP contribution >= 0.6 is 34.2 Å². The fourth-order valence-corrected chi connectivity index (χ4v) is 2.93. The molecule has 18 heavy (non-hydrogen) atoms. The average molecular weight is 381 g/mol. The van der Waals surface area contributed by atoms with Crippen LogP contribution in [-0.4, -0.2) is 25.3 Å². The first kappa shape index (κ1) is 14.1. The van der Waals surface area contributed by atoms with Crippen molar-refractivity contribution in [3.8, 4) is 0 Å². The van der Waals surface area contributed by atoms with Gasteiger partial charge in [0.15, 0.2) is 0 Å². The Morgan fingerprint density at radius 1 is 1.50 bits per heavy atom. The molecule has 0 saturated carbocycles. The Kier molecular flexibility index (Phi) is 5.26. The van der Waals surface area contributed by atoms with Gasteiger partial charge in [-0.3, -0.25) is 0 Å². The summed E-state index contributed by atoms with van der Waals surface area (Å²) in [6.07, 6.45) is 3.25.